The molecule has 0 amide bonds. The lowest BCUT2D eigenvalue weighted by molar-refractivity contribution is 0.0696. The number of aromatic carboxylic acids is 1. The molecule has 0 aromatic heterocycles. The lowest BCUT2D eigenvalue weighted by Crippen LogP contribution is -2.05. The Morgan fingerprint density at radius 3 is 1.21 bits per heavy atom. The van der Waals surface area contributed by atoms with Gasteiger partial charge in [0, 0.05) is 0 Å². The highest BCUT2D eigenvalue weighted by Gasteiger charge is 2.11. The summed E-state index contributed by atoms with van der Waals surface area (Å²) in [6.07, 6.45) is 45.4. The van der Waals surface area contributed by atoms with E-state index < -0.39 is 5.97 Å². The number of unbranched alkanes of at least 4 members (excludes halogenated alkanes) is 24. The number of carboxylic acid groups (broad SMARTS) is 1. The average Bonchev–Trinajstić information content (AvgIpc) is 3.07. The first-order chi connectivity index (χ1) is 23.2. The molecular weight excluding hydrogens is 580 g/mol. The molecule has 0 fully saturated rings. The Labute approximate surface area is 291 Å². The van der Waals surface area contributed by atoms with Crippen molar-refractivity contribution in [3.8, 4) is 11.5 Å². The fourth-order valence-electron chi connectivity index (χ4n) is 5.94. The molecule has 0 unspecified atom stereocenters. The molecule has 0 aliphatic rings. The Kier molecular flexibility index (Phi) is 30.6. The molecule has 0 aliphatic carbocycles. The Morgan fingerprint density at radius 1 is 0.489 bits per heavy atom. The first-order valence-corrected chi connectivity index (χ1v) is 20.1. The summed E-state index contributed by atoms with van der Waals surface area (Å²) in [6.45, 7) is 5.78. The van der Waals surface area contributed by atoms with Crippen LogP contribution in [0.5, 0.6) is 11.5 Å². The van der Waals surface area contributed by atoms with E-state index in [1.165, 1.54) is 154 Å². The van der Waals surface area contributed by atoms with Gasteiger partial charge >= 0.3 is 5.97 Å². The maximum absolute atomic E-state index is 11.5. The van der Waals surface area contributed by atoms with E-state index in [1.54, 1.807) is 18.2 Å². The van der Waals surface area contributed by atoms with Gasteiger partial charge in [0.1, 0.15) is 0 Å². The molecule has 1 N–H and O–H groups in total. The molecule has 1 aromatic rings. The standard InChI is InChI=1S/C43H74O4/c1-3-5-7-9-11-13-15-17-19-21-23-25-27-29-31-33-37-46-41-36-35-40(43(44)45)39-42(41)47-38-34-32-30-28-26-24-22-20-18-16-14-12-10-8-6-4-2/h17-20,35-36,39H,3-16,21-34,37-38H2,1-2H3,(H,44,45)/b19-17-,20-18-. The summed E-state index contributed by atoms with van der Waals surface area (Å²) in [4.78, 5) is 11.5. The van der Waals surface area contributed by atoms with Crippen LogP contribution in [0.15, 0.2) is 42.5 Å². The number of ether oxygens (including phenoxy) is 2. The van der Waals surface area contributed by atoms with E-state index in [4.69, 9.17) is 9.47 Å². The third-order valence-corrected chi connectivity index (χ3v) is 9.02. The fraction of sp³-hybridized carbons (Fsp3) is 0.744. The van der Waals surface area contributed by atoms with Crippen LogP contribution in [0.4, 0.5) is 0 Å². The largest absolute Gasteiger partial charge is 0.490 e. The monoisotopic (exact) mass is 655 g/mol. The van der Waals surface area contributed by atoms with E-state index in [2.05, 4.69) is 38.2 Å². The quantitative estimate of drug-likeness (QED) is 0.0584. The van der Waals surface area contributed by atoms with E-state index in [0.717, 1.165) is 25.7 Å². The SMILES string of the molecule is CCCCCCCC/C=C\CCCCCCCCOc1ccc(C(=O)O)cc1OCCCCCCCC/C=C\CCCCCCCC. The second kappa shape index (κ2) is 33.7. The van der Waals surface area contributed by atoms with Crippen LogP contribution >= 0.6 is 0 Å². The van der Waals surface area contributed by atoms with Gasteiger partial charge in [0.15, 0.2) is 11.5 Å². The maximum Gasteiger partial charge on any atom is 0.335 e. The summed E-state index contributed by atoms with van der Waals surface area (Å²) in [6, 6.07) is 4.97. The van der Waals surface area contributed by atoms with E-state index in [1.807, 2.05) is 0 Å². The van der Waals surface area contributed by atoms with Crippen LogP contribution < -0.4 is 9.47 Å². The van der Waals surface area contributed by atoms with Gasteiger partial charge in [-0.3, -0.25) is 0 Å². The smallest absolute Gasteiger partial charge is 0.335 e. The predicted octanol–water partition coefficient (Wildman–Crippen LogP) is 14.2. The van der Waals surface area contributed by atoms with Crippen molar-refractivity contribution in [2.75, 3.05) is 13.2 Å². The molecule has 0 spiro atoms. The average molecular weight is 655 g/mol. The van der Waals surface area contributed by atoms with Gasteiger partial charge in [-0.05, 0) is 82.4 Å². The van der Waals surface area contributed by atoms with Crippen molar-refractivity contribution in [1.82, 2.24) is 0 Å². The van der Waals surface area contributed by atoms with Gasteiger partial charge in [-0.2, -0.15) is 0 Å². The zero-order valence-corrected chi connectivity index (χ0v) is 30.9. The number of carboxylic acids is 1. The molecule has 0 saturated carbocycles. The van der Waals surface area contributed by atoms with Crippen molar-refractivity contribution < 1.29 is 19.4 Å². The number of carbonyl (C=O) groups is 1. The van der Waals surface area contributed by atoms with Crippen molar-refractivity contribution in [2.24, 2.45) is 0 Å². The van der Waals surface area contributed by atoms with Gasteiger partial charge in [0.2, 0.25) is 0 Å². The minimum absolute atomic E-state index is 0.241. The highest BCUT2D eigenvalue weighted by atomic mass is 16.5. The van der Waals surface area contributed by atoms with Crippen LogP contribution in [-0.4, -0.2) is 24.3 Å². The first kappa shape index (κ1) is 42.8. The van der Waals surface area contributed by atoms with Crippen LogP contribution in [0.2, 0.25) is 0 Å². The lowest BCUT2D eigenvalue weighted by Gasteiger charge is -2.13. The Bertz CT molecular complexity index is 890. The second-order valence-corrected chi connectivity index (χ2v) is 13.5. The second-order valence-electron chi connectivity index (χ2n) is 13.5. The minimum atomic E-state index is -0.938. The number of hydrogen-bond acceptors (Lipinski definition) is 3. The van der Waals surface area contributed by atoms with Gasteiger partial charge in [-0.25, -0.2) is 4.79 Å². The minimum Gasteiger partial charge on any atom is -0.490 e. The van der Waals surface area contributed by atoms with Crippen LogP contribution in [-0.2, 0) is 0 Å². The van der Waals surface area contributed by atoms with Crippen molar-refractivity contribution >= 4 is 5.97 Å². The summed E-state index contributed by atoms with van der Waals surface area (Å²) >= 11 is 0. The molecule has 4 heteroatoms. The molecule has 0 heterocycles. The van der Waals surface area contributed by atoms with Gasteiger partial charge in [0.25, 0.3) is 0 Å². The Balaban J connectivity index is 2.08. The van der Waals surface area contributed by atoms with Gasteiger partial charge in [-0.1, -0.05) is 154 Å². The van der Waals surface area contributed by atoms with E-state index in [-0.39, 0.29) is 5.56 Å². The van der Waals surface area contributed by atoms with Crippen LogP contribution in [0.3, 0.4) is 0 Å². The fourth-order valence-corrected chi connectivity index (χ4v) is 5.94. The van der Waals surface area contributed by atoms with Crippen molar-refractivity contribution in [2.45, 2.75) is 194 Å². The molecular formula is C43H74O4. The molecule has 47 heavy (non-hydrogen) atoms. The van der Waals surface area contributed by atoms with Crippen molar-refractivity contribution in [3.63, 3.8) is 0 Å². The number of hydrogen-bond donors (Lipinski definition) is 1. The predicted molar refractivity (Wildman–Crippen MR) is 203 cm³/mol. The molecule has 4 nitrogen and oxygen atoms in total. The van der Waals surface area contributed by atoms with E-state index in [9.17, 15) is 9.90 Å². The van der Waals surface area contributed by atoms with Crippen LogP contribution in [0.25, 0.3) is 0 Å². The topological polar surface area (TPSA) is 55.8 Å². The van der Waals surface area contributed by atoms with Crippen LogP contribution in [0.1, 0.15) is 204 Å². The summed E-state index contributed by atoms with van der Waals surface area (Å²) in [5.41, 5.74) is 0.241. The van der Waals surface area contributed by atoms with Crippen LogP contribution in [0, 0.1) is 0 Å². The van der Waals surface area contributed by atoms with E-state index >= 15 is 0 Å². The lowest BCUT2D eigenvalue weighted by atomic mass is 10.1. The zero-order chi connectivity index (χ0) is 33.9. The molecule has 270 valence electrons. The van der Waals surface area contributed by atoms with Gasteiger partial charge in [-0.15, -0.1) is 0 Å². The van der Waals surface area contributed by atoms with Crippen molar-refractivity contribution in [3.05, 3.63) is 48.1 Å². The van der Waals surface area contributed by atoms with E-state index in [0.29, 0.717) is 24.7 Å². The number of allylic oxidation sites excluding steroid dienone is 4. The summed E-state index contributed by atoms with van der Waals surface area (Å²) in [5.74, 6) is 0.279. The summed E-state index contributed by atoms with van der Waals surface area (Å²) in [5, 5.41) is 9.45. The summed E-state index contributed by atoms with van der Waals surface area (Å²) in [7, 11) is 0. The molecule has 1 aromatic carbocycles. The molecule has 1 rings (SSSR count). The molecule has 0 aliphatic heterocycles. The maximum atomic E-state index is 11.5. The summed E-state index contributed by atoms with van der Waals surface area (Å²) < 4.78 is 12.1. The zero-order valence-electron chi connectivity index (χ0n) is 30.9. The Morgan fingerprint density at radius 2 is 0.830 bits per heavy atom. The molecule has 0 bridgehead atoms. The molecule has 0 atom stereocenters. The van der Waals surface area contributed by atoms with Crippen molar-refractivity contribution in [1.29, 1.82) is 0 Å². The normalized spacial score (nSPS) is 11.6. The number of rotatable bonds is 35. The highest BCUT2D eigenvalue weighted by molar-refractivity contribution is 5.88. The third kappa shape index (κ3) is 27.4. The third-order valence-electron chi connectivity index (χ3n) is 9.02. The van der Waals surface area contributed by atoms with Gasteiger partial charge < -0.3 is 14.6 Å². The Hall–Kier alpha value is -2.23. The molecule has 0 radical (unpaired) electrons. The number of benzene rings is 1. The molecule has 0 saturated heterocycles. The first-order valence-electron chi connectivity index (χ1n) is 20.1. The highest BCUT2D eigenvalue weighted by Crippen LogP contribution is 2.29. The van der Waals surface area contributed by atoms with Gasteiger partial charge in [0.05, 0.1) is 18.8 Å².